The van der Waals surface area contributed by atoms with Crippen LogP contribution in [0.4, 0.5) is 11.4 Å². The second kappa shape index (κ2) is 6.18. The molecule has 1 heterocycles. The molecular weight excluding hydrogens is 256 g/mol. The van der Waals surface area contributed by atoms with Gasteiger partial charge in [0.05, 0.1) is 4.92 Å². The van der Waals surface area contributed by atoms with Crippen LogP contribution in [0.1, 0.15) is 17.8 Å². The van der Waals surface area contributed by atoms with Crippen LogP contribution >= 0.6 is 0 Å². The molecule has 2 aromatic rings. The van der Waals surface area contributed by atoms with Crippen molar-refractivity contribution in [2.75, 3.05) is 11.9 Å². The quantitative estimate of drug-likeness (QED) is 0.499. The number of non-ortho nitro benzene ring substituents is 1. The number of nitrogens with one attached hydrogen (secondary N) is 1. The van der Waals surface area contributed by atoms with Crippen LogP contribution in [0, 0.1) is 24.0 Å². The Labute approximate surface area is 117 Å². The fourth-order valence-electron chi connectivity index (χ4n) is 2.07. The molecule has 0 aliphatic rings. The van der Waals surface area contributed by atoms with E-state index in [1.807, 2.05) is 20.0 Å². The number of anilines is 1. The van der Waals surface area contributed by atoms with Crippen LogP contribution in [0.3, 0.4) is 0 Å². The predicted octanol–water partition coefficient (Wildman–Crippen LogP) is 2.91. The average Bonchev–Trinajstić information content (AvgIpc) is 2.81. The summed E-state index contributed by atoms with van der Waals surface area (Å²) in [4.78, 5) is 14.5. The van der Waals surface area contributed by atoms with Crippen molar-refractivity contribution in [2.24, 2.45) is 0 Å². The highest BCUT2D eigenvalue weighted by Gasteiger charge is 2.07. The molecule has 0 amide bonds. The molecular formula is C14H18N4O2. The van der Waals surface area contributed by atoms with E-state index in [2.05, 4.69) is 14.9 Å². The third-order valence-electron chi connectivity index (χ3n) is 3.24. The summed E-state index contributed by atoms with van der Waals surface area (Å²) in [5.41, 5.74) is 1.96. The molecule has 1 N–H and O–H groups in total. The maximum absolute atomic E-state index is 10.7. The predicted molar refractivity (Wildman–Crippen MR) is 77.9 cm³/mol. The van der Waals surface area contributed by atoms with E-state index in [-0.39, 0.29) is 10.6 Å². The minimum atomic E-state index is -0.376. The Morgan fingerprint density at radius 1 is 1.40 bits per heavy atom. The highest BCUT2D eigenvalue weighted by molar-refractivity contribution is 5.55. The van der Waals surface area contributed by atoms with Crippen molar-refractivity contribution in [3.63, 3.8) is 0 Å². The monoisotopic (exact) mass is 274 g/mol. The summed E-state index contributed by atoms with van der Waals surface area (Å²) >= 11 is 0. The normalized spacial score (nSPS) is 10.5. The van der Waals surface area contributed by atoms with Crippen molar-refractivity contribution in [1.29, 1.82) is 0 Å². The van der Waals surface area contributed by atoms with Gasteiger partial charge in [0.25, 0.3) is 5.69 Å². The Balaban J connectivity index is 1.85. The standard InChI is InChI=1S/C14H18N4O2/c1-11-10-13(18(19)20)4-5-14(11)16-6-3-8-17-9-7-15-12(17)2/h4-5,7,9-10,16H,3,6,8H2,1-2H3. The molecule has 2 rings (SSSR count). The van der Waals surface area contributed by atoms with Gasteiger partial charge in [-0.25, -0.2) is 4.98 Å². The summed E-state index contributed by atoms with van der Waals surface area (Å²) < 4.78 is 2.10. The van der Waals surface area contributed by atoms with E-state index < -0.39 is 0 Å². The molecule has 0 atom stereocenters. The molecule has 0 saturated carbocycles. The van der Waals surface area contributed by atoms with Gasteiger partial charge in [0.1, 0.15) is 5.82 Å². The number of imidazole rings is 1. The number of rotatable bonds is 6. The van der Waals surface area contributed by atoms with Crippen molar-refractivity contribution in [3.05, 3.63) is 52.1 Å². The third-order valence-corrected chi connectivity index (χ3v) is 3.24. The minimum Gasteiger partial charge on any atom is -0.385 e. The average molecular weight is 274 g/mol. The smallest absolute Gasteiger partial charge is 0.269 e. The number of nitro groups is 1. The van der Waals surface area contributed by atoms with Gasteiger partial charge in [-0.1, -0.05) is 0 Å². The summed E-state index contributed by atoms with van der Waals surface area (Å²) in [5.74, 6) is 1.01. The van der Waals surface area contributed by atoms with Crippen LogP contribution in [0.25, 0.3) is 0 Å². The third kappa shape index (κ3) is 3.34. The van der Waals surface area contributed by atoms with E-state index in [4.69, 9.17) is 0 Å². The molecule has 0 spiro atoms. The number of nitro benzene ring substituents is 1. The summed E-state index contributed by atoms with van der Waals surface area (Å²) in [7, 11) is 0. The van der Waals surface area contributed by atoms with Crippen LogP contribution in [0.5, 0.6) is 0 Å². The van der Waals surface area contributed by atoms with Gasteiger partial charge in [-0.15, -0.1) is 0 Å². The first-order chi connectivity index (χ1) is 9.58. The highest BCUT2D eigenvalue weighted by atomic mass is 16.6. The van der Waals surface area contributed by atoms with Gasteiger partial charge in [0.2, 0.25) is 0 Å². The fraction of sp³-hybridized carbons (Fsp3) is 0.357. The van der Waals surface area contributed by atoms with Gasteiger partial charge in [0, 0.05) is 43.3 Å². The molecule has 0 bridgehead atoms. The number of aryl methyl sites for hydroxylation is 3. The molecule has 1 aromatic heterocycles. The van der Waals surface area contributed by atoms with Crippen molar-refractivity contribution in [3.8, 4) is 0 Å². The Bertz CT molecular complexity index is 607. The van der Waals surface area contributed by atoms with Crippen LogP contribution < -0.4 is 5.32 Å². The summed E-state index contributed by atoms with van der Waals surface area (Å²) in [6.45, 7) is 5.57. The van der Waals surface area contributed by atoms with Gasteiger partial charge < -0.3 is 9.88 Å². The largest absolute Gasteiger partial charge is 0.385 e. The first-order valence-electron chi connectivity index (χ1n) is 6.54. The maximum atomic E-state index is 10.7. The zero-order chi connectivity index (χ0) is 14.5. The Morgan fingerprint density at radius 3 is 2.80 bits per heavy atom. The van der Waals surface area contributed by atoms with Crippen LogP contribution in [-0.4, -0.2) is 21.0 Å². The molecule has 0 aliphatic carbocycles. The van der Waals surface area contributed by atoms with E-state index in [1.54, 1.807) is 18.3 Å². The SMILES string of the molecule is Cc1cc([N+](=O)[O-])ccc1NCCCn1ccnc1C. The maximum Gasteiger partial charge on any atom is 0.269 e. The zero-order valence-electron chi connectivity index (χ0n) is 11.7. The molecule has 106 valence electrons. The summed E-state index contributed by atoms with van der Waals surface area (Å²) in [6, 6.07) is 4.87. The molecule has 0 radical (unpaired) electrons. The number of benzene rings is 1. The number of aromatic nitrogens is 2. The molecule has 6 nitrogen and oxygen atoms in total. The number of hydrogen-bond donors (Lipinski definition) is 1. The lowest BCUT2D eigenvalue weighted by molar-refractivity contribution is -0.384. The summed E-state index contributed by atoms with van der Waals surface area (Å²) in [5, 5.41) is 14.0. The second-order valence-electron chi connectivity index (χ2n) is 4.70. The Kier molecular flexibility index (Phi) is 4.34. The van der Waals surface area contributed by atoms with Crippen molar-refractivity contribution in [1.82, 2.24) is 9.55 Å². The Morgan fingerprint density at radius 2 is 2.20 bits per heavy atom. The van der Waals surface area contributed by atoms with Crippen LogP contribution in [-0.2, 0) is 6.54 Å². The van der Waals surface area contributed by atoms with Crippen molar-refractivity contribution < 1.29 is 4.92 Å². The molecule has 0 aliphatic heterocycles. The number of nitrogens with zero attached hydrogens (tertiary/aromatic N) is 3. The first kappa shape index (κ1) is 14.0. The second-order valence-corrected chi connectivity index (χ2v) is 4.70. The molecule has 0 unspecified atom stereocenters. The fourth-order valence-corrected chi connectivity index (χ4v) is 2.07. The molecule has 0 fully saturated rings. The first-order valence-corrected chi connectivity index (χ1v) is 6.54. The van der Waals surface area contributed by atoms with Gasteiger partial charge in [-0.3, -0.25) is 10.1 Å². The molecule has 6 heteroatoms. The lowest BCUT2D eigenvalue weighted by Crippen LogP contribution is -2.08. The van der Waals surface area contributed by atoms with Crippen LogP contribution in [0.2, 0.25) is 0 Å². The molecule has 20 heavy (non-hydrogen) atoms. The van der Waals surface area contributed by atoms with E-state index in [0.717, 1.165) is 36.6 Å². The van der Waals surface area contributed by atoms with Crippen molar-refractivity contribution in [2.45, 2.75) is 26.8 Å². The molecule has 0 saturated heterocycles. The van der Waals surface area contributed by atoms with Gasteiger partial charge in [-0.05, 0) is 31.9 Å². The van der Waals surface area contributed by atoms with Gasteiger partial charge in [0.15, 0.2) is 0 Å². The highest BCUT2D eigenvalue weighted by Crippen LogP contribution is 2.21. The van der Waals surface area contributed by atoms with Gasteiger partial charge >= 0.3 is 0 Å². The van der Waals surface area contributed by atoms with E-state index >= 15 is 0 Å². The van der Waals surface area contributed by atoms with Gasteiger partial charge in [-0.2, -0.15) is 0 Å². The topological polar surface area (TPSA) is 73.0 Å². The molecule has 1 aromatic carbocycles. The van der Waals surface area contributed by atoms with E-state index in [1.165, 1.54) is 6.07 Å². The van der Waals surface area contributed by atoms with Crippen molar-refractivity contribution >= 4 is 11.4 Å². The Hall–Kier alpha value is -2.37. The van der Waals surface area contributed by atoms with E-state index in [9.17, 15) is 10.1 Å². The zero-order valence-corrected chi connectivity index (χ0v) is 11.7. The van der Waals surface area contributed by atoms with Crippen LogP contribution in [0.15, 0.2) is 30.6 Å². The lowest BCUT2D eigenvalue weighted by Gasteiger charge is -2.10. The minimum absolute atomic E-state index is 0.127. The lowest BCUT2D eigenvalue weighted by atomic mass is 10.2. The number of hydrogen-bond acceptors (Lipinski definition) is 4. The summed E-state index contributed by atoms with van der Waals surface area (Å²) in [6.07, 6.45) is 4.73. The van der Waals surface area contributed by atoms with E-state index in [0.29, 0.717) is 0 Å².